The highest BCUT2D eigenvalue weighted by atomic mass is 16.5. The van der Waals surface area contributed by atoms with Crippen LogP contribution in [0.1, 0.15) is 32.4 Å². The van der Waals surface area contributed by atoms with Gasteiger partial charge in [0, 0.05) is 11.6 Å². The van der Waals surface area contributed by atoms with Crippen molar-refractivity contribution in [3.8, 4) is 5.75 Å². The first-order chi connectivity index (χ1) is 7.83. The number of ether oxygens (including phenoxy) is 1. The van der Waals surface area contributed by atoms with E-state index in [0.29, 0.717) is 6.61 Å². The maximum absolute atomic E-state index is 5.80. The molecule has 1 aromatic carbocycles. The van der Waals surface area contributed by atoms with Crippen molar-refractivity contribution in [1.82, 2.24) is 4.90 Å². The molecule has 1 aromatic rings. The topological polar surface area (TPSA) is 38.5 Å². The third kappa shape index (κ3) is 4.02. The minimum absolute atomic E-state index is 0.0276. The van der Waals surface area contributed by atoms with E-state index in [9.17, 15) is 0 Å². The molecular formula is C14H24N2O. The Bertz CT molecular complexity index is 342. The van der Waals surface area contributed by atoms with Gasteiger partial charge in [0.25, 0.3) is 0 Å². The molecule has 1 rings (SSSR count). The van der Waals surface area contributed by atoms with Crippen LogP contribution in [0.3, 0.4) is 0 Å². The van der Waals surface area contributed by atoms with Gasteiger partial charge in [-0.25, -0.2) is 0 Å². The molecule has 0 spiro atoms. The molecule has 0 fully saturated rings. The smallest absolute Gasteiger partial charge is 0.119 e. The Morgan fingerprint density at radius 2 is 1.76 bits per heavy atom. The molecule has 0 aliphatic heterocycles. The Balaban J connectivity index is 2.59. The third-order valence-corrected chi connectivity index (χ3v) is 3.21. The lowest BCUT2D eigenvalue weighted by Crippen LogP contribution is -2.43. The predicted octanol–water partition coefficient (Wildman–Crippen LogP) is 2.43. The SMILES string of the molecule is CC(N)c1ccc(OCC(C)(C)N(C)C)cc1. The van der Waals surface area contributed by atoms with E-state index < -0.39 is 0 Å². The summed E-state index contributed by atoms with van der Waals surface area (Å²) in [6.45, 7) is 6.95. The molecule has 17 heavy (non-hydrogen) atoms. The molecule has 0 aliphatic carbocycles. The van der Waals surface area contributed by atoms with Gasteiger partial charge in [0.2, 0.25) is 0 Å². The molecule has 0 bridgehead atoms. The average Bonchev–Trinajstić information content (AvgIpc) is 2.27. The highest BCUT2D eigenvalue weighted by Gasteiger charge is 2.21. The molecule has 0 heterocycles. The van der Waals surface area contributed by atoms with Crippen LogP contribution < -0.4 is 10.5 Å². The summed E-state index contributed by atoms with van der Waals surface area (Å²) in [5, 5.41) is 0. The fourth-order valence-electron chi connectivity index (χ4n) is 1.26. The van der Waals surface area contributed by atoms with Crippen LogP contribution in [-0.4, -0.2) is 31.1 Å². The van der Waals surface area contributed by atoms with E-state index in [1.54, 1.807) is 0 Å². The first kappa shape index (κ1) is 14.0. The van der Waals surface area contributed by atoms with Gasteiger partial charge in [-0.1, -0.05) is 12.1 Å². The van der Waals surface area contributed by atoms with E-state index in [1.807, 2.05) is 31.2 Å². The van der Waals surface area contributed by atoms with Crippen LogP contribution in [0.25, 0.3) is 0 Å². The summed E-state index contributed by atoms with van der Waals surface area (Å²) in [6.07, 6.45) is 0. The molecule has 96 valence electrons. The lowest BCUT2D eigenvalue weighted by molar-refractivity contribution is 0.114. The van der Waals surface area contributed by atoms with E-state index in [4.69, 9.17) is 10.5 Å². The lowest BCUT2D eigenvalue weighted by atomic mass is 10.1. The van der Waals surface area contributed by atoms with Crippen LogP contribution in [0.2, 0.25) is 0 Å². The van der Waals surface area contributed by atoms with E-state index in [0.717, 1.165) is 11.3 Å². The maximum Gasteiger partial charge on any atom is 0.119 e. The van der Waals surface area contributed by atoms with E-state index in [2.05, 4.69) is 32.8 Å². The molecule has 0 saturated heterocycles. The molecular weight excluding hydrogens is 212 g/mol. The zero-order chi connectivity index (χ0) is 13.1. The van der Waals surface area contributed by atoms with Gasteiger partial charge < -0.3 is 15.4 Å². The zero-order valence-corrected chi connectivity index (χ0v) is 11.5. The molecule has 0 amide bonds. The summed E-state index contributed by atoms with van der Waals surface area (Å²) >= 11 is 0. The van der Waals surface area contributed by atoms with Crippen LogP contribution >= 0.6 is 0 Å². The minimum Gasteiger partial charge on any atom is -0.492 e. The molecule has 1 atom stereocenters. The van der Waals surface area contributed by atoms with Gasteiger partial charge in [0.15, 0.2) is 0 Å². The largest absolute Gasteiger partial charge is 0.492 e. The number of nitrogens with zero attached hydrogens (tertiary/aromatic N) is 1. The average molecular weight is 236 g/mol. The van der Waals surface area contributed by atoms with Crippen molar-refractivity contribution in [2.24, 2.45) is 5.73 Å². The Hall–Kier alpha value is -1.06. The van der Waals surface area contributed by atoms with Crippen molar-refractivity contribution in [1.29, 1.82) is 0 Å². The molecule has 2 N–H and O–H groups in total. The Morgan fingerprint density at radius 1 is 1.24 bits per heavy atom. The van der Waals surface area contributed by atoms with Crippen LogP contribution in [0, 0.1) is 0 Å². The predicted molar refractivity (Wildman–Crippen MR) is 72.3 cm³/mol. The number of hydrogen-bond donors (Lipinski definition) is 1. The Labute approximate surface area is 105 Å². The van der Waals surface area contributed by atoms with Crippen molar-refractivity contribution in [2.75, 3.05) is 20.7 Å². The van der Waals surface area contributed by atoms with Crippen LogP contribution in [0.4, 0.5) is 0 Å². The quantitative estimate of drug-likeness (QED) is 0.853. The third-order valence-electron chi connectivity index (χ3n) is 3.21. The highest BCUT2D eigenvalue weighted by molar-refractivity contribution is 5.28. The first-order valence-corrected chi connectivity index (χ1v) is 5.99. The van der Waals surface area contributed by atoms with Gasteiger partial charge in [0.05, 0.1) is 0 Å². The van der Waals surface area contributed by atoms with Gasteiger partial charge in [-0.2, -0.15) is 0 Å². The fraction of sp³-hybridized carbons (Fsp3) is 0.571. The molecule has 0 saturated carbocycles. The summed E-state index contributed by atoms with van der Waals surface area (Å²) in [4.78, 5) is 2.16. The lowest BCUT2D eigenvalue weighted by Gasteiger charge is -2.32. The van der Waals surface area contributed by atoms with Crippen molar-refractivity contribution in [3.63, 3.8) is 0 Å². The van der Waals surface area contributed by atoms with Gasteiger partial charge >= 0.3 is 0 Å². The molecule has 1 unspecified atom stereocenters. The molecule has 0 radical (unpaired) electrons. The second-order valence-corrected chi connectivity index (χ2v) is 5.35. The fourth-order valence-corrected chi connectivity index (χ4v) is 1.26. The molecule has 0 aliphatic rings. The van der Waals surface area contributed by atoms with Gasteiger partial charge in [-0.05, 0) is 52.6 Å². The number of rotatable bonds is 5. The van der Waals surface area contributed by atoms with Gasteiger partial charge in [-0.3, -0.25) is 0 Å². The van der Waals surface area contributed by atoms with Crippen LogP contribution in [-0.2, 0) is 0 Å². The standard InChI is InChI=1S/C14H24N2O/c1-11(15)12-6-8-13(9-7-12)17-10-14(2,3)16(4)5/h6-9,11H,10,15H2,1-5H3. The zero-order valence-electron chi connectivity index (χ0n) is 11.5. The van der Waals surface area contributed by atoms with Crippen molar-refractivity contribution in [2.45, 2.75) is 32.4 Å². The highest BCUT2D eigenvalue weighted by Crippen LogP contribution is 2.18. The van der Waals surface area contributed by atoms with Gasteiger partial charge in [0.1, 0.15) is 12.4 Å². The number of benzene rings is 1. The summed E-state index contributed by atoms with van der Waals surface area (Å²) in [7, 11) is 4.12. The number of hydrogen-bond acceptors (Lipinski definition) is 3. The van der Waals surface area contributed by atoms with Crippen molar-refractivity contribution >= 4 is 0 Å². The van der Waals surface area contributed by atoms with Crippen LogP contribution in [0.15, 0.2) is 24.3 Å². The van der Waals surface area contributed by atoms with Gasteiger partial charge in [-0.15, -0.1) is 0 Å². The summed E-state index contributed by atoms with van der Waals surface area (Å²) in [5.41, 5.74) is 6.96. The molecule has 3 heteroatoms. The molecule has 3 nitrogen and oxygen atoms in total. The molecule has 0 aromatic heterocycles. The summed E-state index contributed by atoms with van der Waals surface area (Å²) in [5.74, 6) is 0.893. The second-order valence-electron chi connectivity index (χ2n) is 5.35. The monoisotopic (exact) mass is 236 g/mol. The maximum atomic E-state index is 5.80. The van der Waals surface area contributed by atoms with E-state index in [1.165, 1.54) is 0 Å². The Kier molecular flexibility index (Phi) is 4.54. The van der Waals surface area contributed by atoms with E-state index >= 15 is 0 Å². The number of likely N-dealkylation sites (N-methyl/N-ethyl adjacent to an activating group) is 1. The Morgan fingerprint density at radius 3 is 2.18 bits per heavy atom. The first-order valence-electron chi connectivity index (χ1n) is 5.99. The van der Waals surface area contributed by atoms with Crippen LogP contribution in [0.5, 0.6) is 5.75 Å². The number of nitrogens with two attached hydrogens (primary N) is 1. The second kappa shape index (κ2) is 5.52. The van der Waals surface area contributed by atoms with Crippen molar-refractivity contribution in [3.05, 3.63) is 29.8 Å². The normalized spacial score (nSPS) is 13.8. The summed E-state index contributed by atoms with van der Waals surface area (Å²) < 4.78 is 5.78. The van der Waals surface area contributed by atoms with Crippen molar-refractivity contribution < 1.29 is 4.74 Å². The minimum atomic E-state index is 0.0276. The summed E-state index contributed by atoms with van der Waals surface area (Å²) in [6, 6.07) is 8.06. The van der Waals surface area contributed by atoms with E-state index in [-0.39, 0.29) is 11.6 Å².